The number of hydrogen-bond donors (Lipinski definition) is 2. The summed E-state index contributed by atoms with van der Waals surface area (Å²) in [5, 5.41) is 0. The van der Waals surface area contributed by atoms with Gasteiger partial charge in [-0.2, -0.15) is 10.0 Å². The molecule has 3 N–H and O–H groups in total. The first-order valence-electron chi connectivity index (χ1n) is 9.99. The lowest BCUT2D eigenvalue weighted by Crippen LogP contribution is -2.74. The molecule has 2 aromatic carbocycles. The lowest BCUT2D eigenvalue weighted by atomic mass is 9.82. The van der Waals surface area contributed by atoms with Gasteiger partial charge >= 0.3 is 6.03 Å². The van der Waals surface area contributed by atoms with Crippen LogP contribution in [0.15, 0.2) is 54.6 Å². The highest BCUT2D eigenvalue weighted by molar-refractivity contribution is 5.85. The summed E-state index contributed by atoms with van der Waals surface area (Å²) < 4.78 is 0.492. The van der Waals surface area contributed by atoms with Gasteiger partial charge in [0.25, 0.3) is 0 Å². The highest BCUT2D eigenvalue weighted by atomic mass is 35.5. The molecule has 3 atom stereocenters. The van der Waals surface area contributed by atoms with Crippen LogP contribution in [0, 0.1) is 5.92 Å². The molecule has 5 nitrogen and oxygen atoms in total. The van der Waals surface area contributed by atoms with E-state index in [0.717, 1.165) is 13.1 Å². The van der Waals surface area contributed by atoms with Gasteiger partial charge in [-0.3, -0.25) is 4.90 Å². The lowest BCUT2D eigenvalue weighted by molar-refractivity contribution is -0.00379. The highest BCUT2D eigenvalue weighted by Crippen LogP contribution is 2.48. The molecule has 2 bridgehead atoms. The number of halogens is 1. The topological polar surface area (TPSA) is 58.4 Å². The Labute approximate surface area is 172 Å². The molecule has 2 aromatic rings. The molecule has 4 aliphatic rings. The smallest absolute Gasteiger partial charge is 0.348 e. The zero-order valence-corrected chi connectivity index (χ0v) is 16.8. The minimum absolute atomic E-state index is 0. The monoisotopic (exact) mass is 399 g/mol. The minimum atomic E-state index is -0.435. The summed E-state index contributed by atoms with van der Waals surface area (Å²) in [6, 6.07) is 19.2. The molecule has 6 heteroatoms. The zero-order valence-electron chi connectivity index (χ0n) is 16.0. The second-order valence-corrected chi connectivity index (χ2v) is 8.25. The molecule has 0 radical (unpaired) electrons. The number of nitrogens with one attached hydrogen (secondary N) is 1. The van der Waals surface area contributed by atoms with Crippen LogP contribution in [-0.4, -0.2) is 43.2 Å². The van der Waals surface area contributed by atoms with E-state index in [1.54, 1.807) is 0 Å². The van der Waals surface area contributed by atoms with E-state index >= 15 is 0 Å². The van der Waals surface area contributed by atoms with Crippen molar-refractivity contribution in [3.63, 3.8) is 0 Å². The van der Waals surface area contributed by atoms with Gasteiger partial charge in [-0.25, -0.2) is 4.79 Å². The number of para-hydroxylation sites is 1. The molecule has 0 saturated carbocycles. The summed E-state index contributed by atoms with van der Waals surface area (Å²) in [6.45, 7) is 4.23. The van der Waals surface area contributed by atoms with Gasteiger partial charge in [0.05, 0.1) is 12.5 Å². The highest BCUT2D eigenvalue weighted by Gasteiger charge is 2.56. The Hall–Kier alpha value is -2.08. The van der Waals surface area contributed by atoms with E-state index in [4.69, 9.17) is 5.73 Å². The molecule has 4 heterocycles. The largest absolute Gasteiger partial charge is 0.356 e. The van der Waals surface area contributed by atoms with Gasteiger partial charge < -0.3 is 5.73 Å². The van der Waals surface area contributed by atoms with Crippen LogP contribution in [0.25, 0.3) is 0 Å². The summed E-state index contributed by atoms with van der Waals surface area (Å²) in [4.78, 5) is 14.7. The first kappa shape index (κ1) is 19.2. The minimum Gasteiger partial charge on any atom is -0.348 e. The first-order valence-corrected chi connectivity index (χ1v) is 9.99. The number of fused-ring (bicyclic) bond motifs is 4. The number of nitrogens with two attached hydrogens (primary N) is 1. The van der Waals surface area contributed by atoms with Crippen molar-refractivity contribution in [1.29, 1.82) is 0 Å². The Kier molecular flexibility index (Phi) is 5.08. The van der Waals surface area contributed by atoms with Crippen LogP contribution in [0.3, 0.4) is 0 Å². The van der Waals surface area contributed by atoms with Crippen LogP contribution >= 0.6 is 12.4 Å². The number of hydrogen-bond acceptors (Lipinski definition) is 2. The van der Waals surface area contributed by atoms with Crippen LogP contribution < -0.4 is 15.8 Å². The average Bonchev–Trinajstić information content (AvgIpc) is 3.04. The summed E-state index contributed by atoms with van der Waals surface area (Å²) >= 11 is 0. The third-order valence-electron chi connectivity index (χ3n) is 6.91. The van der Waals surface area contributed by atoms with Crippen molar-refractivity contribution >= 4 is 24.1 Å². The molecule has 2 amide bonds. The van der Waals surface area contributed by atoms with E-state index in [2.05, 4.69) is 64.9 Å². The van der Waals surface area contributed by atoms with E-state index in [-0.39, 0.29) is 18.3 Å². The fourth-order valence-electron chi connectivity index (χ4n) is 5.73. The van der Waals surface area contributed by atoms with Gasteiger partial charge in [0.1, 0.15) is 12.6 Å². The quantitative estimate of drug-likeness (QED) is 0.778. The van der Waals surface area contributed by atoms with Gasteiger partial charge in [-0.15, -0.1) is 12.4 Å². The standard InChI is InChI=1S/C22H26N4O.ClH/c23-22(27)24-26(21-14-25-12-10-17(21)11-13-25)15-19(16-6-2-1-3-7-16)18-8-4-5-9-20(18)26;/h1-9,17,19,21H,10-15H2,(H2-,23,24,27);1H/p+1. The van der Waals surface area contributed by atoms with E-state index in [0.29, 0.717) is 16.6 Å². The van der Waals surface area contributed by atoms with Crippen molar-refractivity contribution in [2.24, 2.45) is 11.7 Å². The van der Waals surface area contributed by atoms with Crippen LogP contribution in [-0.2, 0) is 0 Å². The molecule has 28 heavy (non-hydrogen) atoms. The lowest BCUT2D eigenvalue weighted by Gasteiger charge is -2.51. The van der Waals surface area contributed by atoms with Gasteiger partial charge in [0.15, 0.2) is 5.69 Å². The number of benzene rings is 2. The van der Waals surface area contributed by atoms with Crippen molar-refractivity contribution in [2.45, 2.75) is 24.8 Å². The predicted molar refractivity (Wildman–Crippen MR) is 114 cm³/mol. The van der Waals surface area contributed by atoms with Crippen molar-refractivity contribution in [3.8, 4) is 0 Å². The summed E-state index contributed by atoms with van der Waals surface area (Å²) in [5.74, 6) is 0.897. The Morgan fingerprint density at radius 3 is 2.36 bits per heavy atom. The number of nitrogens with zero attached hydrogens (tertiary/aromatic N) is 2. The predicted octanol–water partition coefficient (Wildman–Crippen LogP) is 3.24. The average molecular weight is 400 g/mol. The summed E-state index contributed by atoms with van der Waals surface area (Å²) in [5.41, 5.74) is 12.8. The van der Waals surface area contributed by atoms with Gasteiger partial charge in [0.2, 0.25) is 0 Å². The Morgan fingerprint density at radius 2 is 1.71 bits per heavy atom. The second-order valence-electron chi connectivity index (χ2n) is 8.25. The molecule has 3 unspecified atom stereocenters. The molecular formula is C22H28ClN4O+. The van der Waals surface area contributed by atoms with Gasteiger partial charge in [-0.1, -0.05) is 48.5 Å². The zero-order chi connectivity index (χ0) is 18.4. The maximum absolute atomic E-state index is 12.1. The molecule has 148 valence electrons. The normalized spacial score (nSPS) is 33.0. The number of urea groups is 1. The fourth-order valence-corrected chi connectivity index (χ4v) is 5.73. The van der Waals surface area contributed by atoms with E-state index in [9.17, 15) is 4.79 Å². The number of piperidine rings is 3. The Bertz CT molecular complexity index is 853. The van der Waals surface area contributed by atoms with Crippen molar-refractivity contribution in [2.75, 3.05) is 26.2 Å². The Balaban J connectivity index is 0.00000192. The van der Waals surface area contributed by atoms with E-state index in [1.807, 2.05) is 0 Å². The summed E-state index contributed by atoms with van der Waals surface area (Å²) in [7, 11) is 0. The molecule has 4 aliphatic heterocycles. The van der Waals surface area contributed by atoms with Crippen LogP contribution in [0.2, 0.25) is 0 Å². The molecule has 3 fully saturated rings. The summed E-state index contributed by atoms with van der Waals surface area (Å²) in [6.07, 6.45) is 2.42. The SMILES string of the molecule is Cl.NC(=O)N[N+]1(C2CN3CCC2CC3)CC(c2ccccc2)c2ccccc21. The van der Waals surface area contributed by atoms with Crippen molar-refractivity contribution in [3.05, 3.63) is 65.7 Å². The molecule has 0 spiro atoms. The van der Waals surface area contributed by atoms with Crippen molar-refractivity contribution < 1.29 is 4.79 Å². The molecule has 0 aliphatic carbocycles. The number of rotatable bonds is 3. The maximum atomic E-state index is 12.1. The second kappa shape index (κ2) is 7.39. The van der Waals surface area contributed by atoms with E-state index < -0.39 is 6.03 Å². The fraction of sp³-hybridized carbons (Fsp3) is 0.409. The first-order chi connectivity index (χ1) is 13.2. The van der Waals surface area contributed by atoms with E-state index in [1.165, 1.54) is 42.7 Å². The molecule has 6 rings (SSSR count). The van der Waals surface area contributed by atoms with Crippen molar-refractivity contribution in [1.82, 2.24) is 14.9 Å². The number of quaternary nitrogens is 1. The number of amides is 2. The number of carbonyl (C=O) groups is 1. The van der Waals surface area contributed by atoms with Gasteiger partial charge in [0, 0.05) is 17.5 Å². The van der Waals surface area contributed by atoms with Crippen LogP contribution in [0.1, 0.15) is 29.9 Å². The van der Waals surface area contributed by atoms with Gasteiger partial charge in [-0.05, 0) is 31.5 Å². The molecule has 3 saturated heterocycles. The molecular weight excluding hydrogens is 372 g/mol. The number of primary amides is 1. The van der Waals surface area contributed by atoms with Crippen LogP contribution in [0.4, 0.5) is 10.5 Å². The third-order valence-corrected chi connectivity index (χ3v) is 6.91. The number of carbonyl (C=O) groups excluding carboxylic acids is 1. The van der Waals surface area contributed by atoms with Crippen LogP contribution in [0.5, 0.6) is 0 Å². The Morgan fingerprint density at radius 1 is 1.04 bits per heavy atom. The maximum Gasteiger partial charge on any atom is 0.356 e. The third kappa shape index (κ3) is 2.98. The molecule has 0 aromatic heterocycles.